The SMILES string of the molecule is COc1cc(Oc2ccc(NC(=O)[C@H](NC(=O)OCC(C)C)C(C)C)cc2)ccc1C. The highest BCUT2D eigenvalue weighted by Gasteiger charge is 2.25. The zero-order chi connectivity index (χ0) is 23.0. The summed E-state index contributed by atoms with van der Waals surface area (Å²) in [6.07, 6.45) is -0.597. The molecule has 2 aromatic carbocycles. The third-order valence-corrected chi connectivity index (χ3v) is 4.51. The van der Waals surface area contributed by atoms with Crippen molar-refractivity contribution < 1.29 is 23.8 Å². The minimum Gasteiger partial charge on any atom is -0.496 e. The molecule has 0 spiro atoms. The third-order valence-electron chi connectivity index (χ3n) is 4.51. The maximum Gasteiger partial charge on any atom is 0.407 e. The van der Waals surface area contributed by atoms with Crippen molar-refractivity contribution >= 4 is 17.7 Å². The van der Waals surface area contributed by atoms with Gasteiger partial charge in [0.15, 0.2) is 0 Å². The number of aryl methyl sites for hydroxylation is 1. The maximum atomic E-state index is 12.7. The molecule has 1 atom stereocenters. The predicted octanol–water partition coefficient (Wildman–Crippen LogP) is 5.14. The molecule has 0 aromatic heterocycles. The van der Waals surface area contributed by atoms with Gasteiger partial charge in [-0.25, -0.2) is 4.79 Å². The Morgan fingerprint density at radius 2 is 1.61 bits per heavy atom. The van der Waals surface area contributed by atoms with Gasteiger partial charge in [0.2, 0.25) is 5.91 Å². The summed E-state index contributed by atoms with van der Waals surface area (Å²) in [7, 11) is 1.62. The second-order valence-corrected chi connectivity index (χ2v) is 8.11. The summed E-state index contributed by atoms with van der Waals surface area (Å²) in [5.74, 6) is 1.83. The van der Waals surface area contributed by atoms with Crippen LogP contribution >= 0.6 is 0 Å². The molecule has 0 fully saturated rings. The van der Waals surface area contributed by atoms with Gasteiger partial charge in [-0.1, -0.05) is 33.8 Å². The topological polar surface area (TPSA) is 85.9 Å². The van der Waals surface area contributed by atoms with Gasteiger partial charge in [-0.2, -0.15) is 0 Å². The highest BCUT2D eigenvalue weighted by Crippen LogP contribution is 2.28. The number of carbonyl (C=O) groups excluding carboxylic acids is 2. The standard InChI is InChI=1S/C24H32N2O5/c1-15(2)14-30-24(28)26-22(16(3)4)23(27)25-18-8-11-19(12-9-18)31-20-10-7-17(5)21(13-20)29-6/h7-13,15-16,22H,14H2,1-6H3,(H,25,27)(H,26,28)/t22-/m1/s1. The summed E-state index contributed by atoms with van der Waals surface area (Å²) in [6.45, 7) is 9.88. The third kappa shape index (κ3) is 7.51. The van der Waals surface area contributed by atoms with E-state index in [1.807, 2.05) is 52.8 Å². The van der Waals surface area contributed by atoms with Crippen molar-refractivity contribution in [3.63, 3.8) is 0 Å². The predicted molar refractivity (Wildman–Crippen MR) is 121 cm³/mol. The van der Waals surface area contributed by atoms with E-state index in [9.17, 15) is 9.59 Å². The van der Waals surface area contributed by atoms with Crippen molar-refractivity contribution in [1.82, 2.24) is 5.32 Å². The summed E-state index contributed by atoms with van der Waals surface area (Å²) in [6, 6.07) is 11.9. The lowest BCUT2D eigenvalue weighted by Crippen LogP contribution is -2.47. The van der Waals surface area contributed by atoms with Crippen LogP contribution < -0.4 is 20.1 Å². The van der Waals surface area contributed by atoms with Gasteiger partial charge in [-0.15, -0.1) is 0 Å². The van der Waals surface area contributed by atoms with Gasteiger partial charge in [0, 0.05) is 11.8 Å². The maximum absolute atomic E-state index is 12.7. The van der Waals surface area contributed by atoms with E-state index in [0.29, 0.717) is 23.8 Å². The molecule has 168 valence electrons. The Morgan fingerprint density at radius 1 is 0.968 bits per heavy atom. The molecule has 0 aliphatic rings. The summed E-state index contributed by atoms with van der Waals surface area (Å²) in [5, 5.41) is 5.47. The summed E-state index contributed by atoms with van der Waals surface area (Å²) < 4.78 is 16.3. The van der Waals surface area contributed by atoms with E-state index in [4.69, 9.17) is 14.2 Å². The summed E-state index contributed by atoms with van der Waals surface area (Å²) in [4.78, 5) is 24.6. The molecule has 0 saturated carbocycles. The minimum absolute atomic E-state index is 0.106. The Bertz CT molecular complexity index is 878. The number of ether oxygens (including phenoxy) is 3. The fourth-order valence-corrected chi connectivity index (χ4v) is 2.77. The minimum atomic E-state index is -0.712. The molecular weight excluding hydrogens is 396 g/mol. The summed E-state index contributed by atoms with van der Waals surface area (Å²) >= 11 is 0. The van der Waals surface area contributed by atoms with Crippen molar-refractivity contribution in [3.8, 4) is 17.2 Å². The van der Waals surface area contributed by atoms with Crippen LogP contribution in [0.1, 0.15) is 33.3 Å². The van der Waals surface area contributed by atoms with Crippen LogP contribution in [0.15, 0.2) is 42.5 Å². The molecule has 0 aliphatic heterocycles. The van der Waals surface area contributed by atoms with Gasteiger partial charge in [-0.05, 0) is 54.7 Å². The van der Waals surface area contributed by atoms with E-state index < -0.39 is 12.1 Å². The van der Waals surface area contributed by atoms with Crippen molar-refractivity contribution in [2.45, 2.75) is 40.7 Å². The molecular formula is C24H32N2O5. The molecule has 7 nitrogen and oxygen atoms in total. The first-order chi connectivity index (χ1) is 14.7. The van der Waals surface area contributed by atoms with Crippen LogP contribution in [0.4, 0.5) is 10.5 Å². The van der Waals surface area contributed by atoms with E-state index >= 15 is 0 Å². The highest BCUT2D eigenvalue weighted by atomic mass is 16.5. The van der Waals surface area contributed by atoms with Crippen molar-refractivity contribution in [3.05, 3.63) is 48.0 Å². The number of methoxy groups -OCH3 is 1. The van der Waals surface area contributed by atoms with Gasteiger partial charge in [0.05, 0.1) is 13.7 Å². The van der Waals surface area contributed by atoms with E-state index in [-0.39, 0.29) is 17.7 Å². The second kappa shape index (κ2) is 11.2. The zero-order valence-corrected chi connectivity index (χ0v) is 19.0. The van der Waals surface area contributed by atoms with Crippen LogP contribution in [0.2, 0.25) is 0 Å². The number of hydrogen-bond acceptors (Lipinski definition) is 5. The van der Waals surface area contributed by atoms with Crippen molar-refractivity contribution in [1.29, 1.82) is 0 Å². The molecule has 0 radical (unpaired) electrons. The van der Waals surface area contributed by atoms with Gasteiger partial charge in [0.25, 0.3) is 0 Å². The number of nitrogens with one attached hydrogen (secondary N) is 2. The molecule has 7 heteroatoms. The smallest absolute Gasteiger partial charge is 0.407 e. The number of anilines is 1. The first-order valence-corrected chi connectivity index (χ1v) is 10.4. The van der Waals surface area contributed by atoms with Crippen LogP contribution in [-0.4, -0.2) is 31.8 Å². The molecule has 31 heavy (non-hydrogen) atoms. The van der Waals surface area contributed by atoms with Crippen molar-refractivity contribution in [2.75, 3.05) is 19.0 Å². The highest BCUT2D eigenvalue weighted by molar-refractivity contribution is 5.96. The van der Waals surface area contributed by atoms with Crippen LogP contribution in [0.5, 0.6) is 17.2 Å². The quantitative estimate of drug-likeness (QED) is 0.577. The molecule has 0 bridgehead atoms. The van der Waals surface area contributed by atoms with E-state index in [0.717, 1.165) is 11.3 Å². The van der Waals surface area contributed by atoms with Gasteiger partial charge >= 0.3 is 6.09 Å². The van der Waals surface area contributed by atoms with Gasteiger partial charge < -0.3 is 24.8 Å². The average Bonchev–Trinajstić information content (AvgIpc) is 2.72. The average molecular weight is 429 g/mol. The van der Waals surface area contributed by atoms with Crippen LogP contribution in [0, 0.1) is 18.8 Å². The van der Waals surface area contributed by atoms with E-state index in [2.05, 4.69) is 10.6 Å². The number of amides is 2. The zero-order valence-electron chi connectivity index (χ0n) is 19.0. The fourth-order valence-electron chi connectivity index (χ4n) is 2.77. The lowest BCUT2D eigenvalue weighted by molar-refractivity contribution is -0.119. The first-order valence-electron chi connectivity index (χ1n) is 10.4. The molecule has 0 saturated heterocycles. The fraction of sp³-hybridized carbons (Fsp3) is 0.417. The number of benzene rings is 2. The van der Waals surface area contributed by atoms with Gasteiger partial charge in [0.1, 0.15) is 23.3 Å². The normalized spacial score (nSPS) is 11.7. The Hall–Kier alpha value is -3.22. The molecule has 0 unspecified atom stereocenters. The molecule has 2 N–H and O–H groups in total. The lowest BCUT2D eigenvalue weighted by Gasteiger charge is -2.21. The Balaban J connectivity index is 1.98. The van der Waals surface area contributed by atoms with Gasteiger partial charge in [-0.3, -0.25) is 4.79 Å². The number of hydrogen-bond donors (Lipinski definition) is 2. The molecule has 2 aromatic rings. The first kappa shape index (κ1) is 24.1. The number of alkyl carbamates (subject to hydrolysis) is 1. The molecule has 2 rings (SSSR count). The molecule has 2 amide bonds. The second-order valence-electron chi connectivity index (χ2n) is 8.11. The number of rotatable bonds is 9. The lowest BCUT2D eigenvalue weighted by atomic mass is 10.0. The molecule has 0 aliphatic carbocycles. The van der Waals surface area contributed by atoms with Crippen LogP contribution in [-0.2, 0) is 9.53 Å². The Labute approximate surface area is 184 Å². The Morgan fingerprint density at radius 3 is 2.19 bits per heavy atom. The largest absolute Gasteiger partial charge is 0.496 e. The molecule has 0 heterocycles. The van der Waals surface area contributed by atoms with E-state index in [1.165, 1.54) is 0 Å². The monoisotopic (exact) mass is 428 g/mol. The summed E-state index contributed by atoms with van der Waals surface area (Å²) in [5.41, 5.74) is 1.62. The Kier molecular flexibility index (Phi) is 8.73. The van der Waals surface area contributed by atoms with E-state index in [1.54, 1.807) is 31.4 Å². The van der Waals surface area contributed by atoms with Crippen molar-refractivity contribution in [2.24, 2.45) is 11.8 Å². The number of carbonyl (C=O) groups is 2. The van der Waals surface area contributed by atoms with Crippen LogP contribution in [0.25, 0.3) is 0 Å². The van der Waals surface area contributed by atoms with Crippen LogP contribution in [0.3, 0.4) is 0 Å².